The topological polar surface area (TPSA) is 500 Å². The fourth-order valence-electron chi connectivity index (χ4n) is 6.61. The number of aliphatic carboxylic acids is 11. The molecule has 0 radical (unpaired) electrons. The number of nitrogens with one attached hydrogen (secondary N) is 3. The van der Waals surface area contributed by atoms with Crippen molar-refractivity contribution < 1.29 is 119 Å². The van der Waals surface area contributed by atoms with Crippen molar-refractivity contribution in [3.05, 3.63) is 0 Å². The van der Waals surface area contributed by atoms with Crippen molar-refractivity contribution in [2.45, 2.75) is 24.5 Å². The molecule has 0 aromatic carbocycles. The van der Waals surface area contributed by atoms with Gasteiger partial charge in [-0.2, -0.15) is 0 Å². The van der Waals surface area contributed by atoms with E-state index in [1.165, 1.54) is 0 Å². The Hall–Kier alpha value is -7.17. The first-order valence-electron chi connectivity index (χ1n) is 20.2. The average Bonchev–Trinajstić information content (AvgIpc) is 3.16. The van der Waals surface area contributed by atoms with Crippen LogP contribution in [-0.4, -0.2) is 306 Å². The Balaban J connectivity index is 6.65. The normalized spacial score (nSPS) is 12.7. The average molecular weight is 1000 g/mol. The summed E-state index contributed by atoms with van der Waals surface area (Å²) in [6, 6.07) is -5.17. The monoisotopic (exact) mass is 999 g/mol. The van der Waals surface area contributed by atoms with Gasteiger partial charge in [-0.3, -0.25) is 91.7 Å². The molecule has 2 amide bonds. The van der Waals surface area contributed by atoms with Gasteiger partial charge in [0.1, 0.15) is 12.1 Å². The first kappa shape index (κ1) is 61.8. The van der Waals surface area contributed by atoms with Crippen LogP contribution in [0.1, 0.15) is 6.42 Å². The molecule has 0 aliphatic carbocycles. The molecule has 14 N–H and O–H groups in total. The van der Waals surface area contributed by atoms with E-state index in [-0.39, 0.29) is 0 Å². The number of amides is 2. The Morgan fingerprint density at radius 3 is 1.07 bits per heavy atom. The minimum atomic E-state index is -1.88. The van der Waals surface area contributed by atoms with Gasteiger partial charge < -0.3 is 72.1 Å². The van der Waals surface area contributed by atoms with E-state index >= 15 is 0 Å². The molecule has 3 unspecified atom stereocenters. The smallest absolute Gasteiger partial charge is 0.317 e. The number of carboxylic acid groups (broad SMARTS) is 11. The largest absolute Gasteiger partial charge is 0.480 e. The van der Waals surface area contributed by atoms with Crippen molar-refractivity contribution in [3.8, 4) is 0 Å². The summed E-state index contributed by atoms with van der Waals surface area (Å²) in [6.45, 7) is -14.2. The van der Waals surface area contributed by atoms with Gasteiger partial charge >= 0.3 is 65.7 Å². The summed E-state index contributed by atoms with van der Waals surface area (Å²) in [4.78, 5) is 160. The first-order valence-corrected chi connectivity index (χ1v) is 20.2. The summed E-state index contributed by atoms with van der Waals surface area (Å²) in [7, 11) is 0. The highest BCUT2D eigenvalue weighted by molar-refractivity contribution is 5.85. The summed E-state index contributed by atoms with van der Waals surface area (Å²) in [6.07, 6.45) is -0.466. The van der Waals surface area contributed by atoms with Gasteiger partial charge in [0.15, 0.2) is 0 Å². The molecule has 0 rings (SSSR count). The number of nitrogens with zero attached hydrogens (tertiary/aromatic N) is 6. The van der Waals surface area contributed by atoms with Crippen molar-refractivity contribution in [1.29, 1.82) is 0 Å². The zero-order valence-electron chi connectivity index (χ0n) is 36.8. The minimum Gasteiger partial charge on any atom is -0.480 e. The van der Waals surface area contributed by atoms with Gasteiger partial charge in [0, 0.05) is 58.4 Å². The van der Waals surface area contributed by atoms with Gasteiger partial charge in [-0.25, -0.2) is 0 Å². The summed E-state index contributed by atoms with van der Waals surface area (Å²) in [5, 5.41) is 111. The van der Waals surface area contributed by atoms with Gasteiger partial charge in [-0.15, -0.1) is 0 Å². The molecule has 0 spiro atoms. The Morgan fingerprint density at radius 1 is 0.348 bits per heavy atom. The zero-order valence-corrected chi connectivity index (χ0v) is 36.8. The predicted molar refractivity (Wildman–Crippen MR) is 223 cm³/mol. The summed E-state index contributed by atoms with van der Waals surface area (Å²) in [5.41, 5.74) is 0. The lowest BCUT2D eigenvalue weighted by Gasteiger charge is -2.35. The lowest BCUT2D eigenvalue weighted by molar-refractivity contribution is -0.147. The molecule has 0 aromatic heterocycles. The second-order valence-electron chi connectivity index (χ2n) is 14.9. The van der Waals surface area contributed by atoms with E-state index in [0.29, 0.717) is 9.80 Å². The summed E-state index contributed by atoms with van der Waals surface area (Å²) in [5.74, 6) is -19.1. The second-order valence-corrected chi connectivity index (χ2v) is 14.9. The molecule has 33 nitrogen and oxygen atoms in total. The van der Waals surface area contributed by atoms with Crippen LogP contribution in [0.5, 0.6) is 0 Å². The van der Waals surface area contributed by atoms with E-state index in [1.54, 1.807) is 0 Å². The van der Waals surface area contributed by atoms with E-state index in [4.69, 9.17) is 0 Å². The lowest BCUT2D eigenvalue weighted by Crippen LogP contribution is -2.61. The third-order valence-corrected chi connectivity index (χ3v) is 9.18. The number of carboxylic acids is 11. The second kappa shape index (κ2) is 32.5. The number of hydrogen-bond donors (Lipinski definition) is 14. The van der Waals surface area contributed by atoms with Crippen LogP contribution in [-0.2, 0) is 62.3 Å². The maximum Gasteiger partial charge on any atom is 0.317 e. The van der Waals surface area contributed by atoms with Crippen molar-refractivity contribution in [1.82, 2.24) is 45.3 Å². The summed E-state index contributed by atoms with van der Waals surface area (Å²) < 4.78 is 0. The molecule has 0 fully saturated rings. The molecule has 0 aromatic rings. The maximum atomic E-state index is 13.9. The van der Waals surface area contributed by atoms with Crippen molar-refractivity contribution >= 4 is 77.5 Å². The minimum absolute atomic E-state index is 0.393. The Kier molecular flexibility index (Phi) is 29.1. The highest BCUT2D eigenvalue weighted by atomic mass is 16.4. The van der Waals surface area contributed by atoms with E-state index in [2.05, 4.69) is 16.0 Å². The van der Waals surface area contributed by atoms with Gasteiger partial charge in [0.25, 0.3) is 0 Å². The van der Waals surface area contributed by atoms with Crippen LogP contribution < -0.4 is 16.0 Å². The van der Waals surface area contributed by atoms with Crippen LogP contribution in [0.15, 0.2) is 0 Å². The third kappa shape index (κ3) is 30.0. The van der Waals surface area contributed by atoms with Crippen LogP contribution in [0, 0.1) is 0 Å². The van der Waals surface area contributed by atoms with E-state index in [0.717, 1.165) is 19.6 Å². The van der Waals surface area contributed by atoms with Gasteiger partial charge in [0.05, 0.1) is 72.0 Å². The van der Waals surface area contributed by atoms with Crippen molar-refractivity contribution in [2.75, 3.05) is 124 Å². The Bertz CT molecular complexity index is 1770. The molecular formula is C36H57N9O24. The molecule has 0 heterocycles. The van der Waals surface area contributed by atoms with Crippen LogP contribution in [0.25, 0.3) is 0 Å². The van der Waals surface area contributed by atoms with Crippen LogP contribution in [0.2, 0.25) is 0 Å². The molecule has 0 bridgehead atoms. The zero-order chi connectivity index (χ0) is 53.0. The Labute approximate surface area is 390 Å². The van der Waals surface area contributed by atoms with Gasteiger partial charge in [-0.05, 0) is 6.42 Å². The Morgan fingerprint density at radius 2 is 0.681 bits per heavy atom. The van der Waals surface area contributed by atoms with Crippen molar-refractivity contribution in [2.24, 2.45) is 0 Å². The highest BCUT2D eigenvalue weighted by Gasteiger charge is 2.37. The van der Waals surface area contributed by atoms with E-state index in [1.807, 2.05) is 0 Å². The maximum absolute atomic E-state index is 13.9. The molecule has 390 valence electrons. The molecule has 33 heteroatoms. The van der Waals surface area contributed by atoms with E-state index in [9.17, 15) is 119 Å². The van der Waals surface area contributed by atoms with Crippen LogP contribution >= 0.6 is 0 Å². The molecular weight excluding hydrogens is 942 g/mol. The molecule has 0 saturated carbocycles. The van der Waals surface area contributed by atoms with Crippen LogP contribution in [0.3, 0.4) is 0 Å². The SMILES string of the molecule is O=C(O)CNC(CCN(CC(=O)O)CC(=O)O)C(C(=O)NCCN(CCNC(=O)C(CN(CCN(CC(=O)O)CC(=O)O)CC(=O)O)N(CC(=O)O)CC(=O)O)CC(=O)O)N(CC(=O)O)CC(=O)O. The standard InChI is InChI=1S/C36H57N9O24/c46-23(47)9-39-21(1-4-41(12-25(50)51)13-26(52)53)34(45(19-32(64)65)20-33(66)67)36(69)38-3-6-40(11-24(48)49)5-2-37-35(68)22(44(17-30(60)61)18-31(62)63)10-42(14-27(54)55)7-8-43(15-28(56)57)16-29(58)59/h21-22,34,39H,1-20H2,(H,37,68)(H,38,69)(H,46,47)(H,48,49)(H,50,51)(H,52,53)(H,54,55)(H,56,57)(H,58,59)(H,60,61)(H,62,63)(H,64,65)(H,66,67). The fraction of sp³-hybridized carbons (Fsp3) is 0.639. The molecule has 69 heavy (non-hydrogen) atoms. The third-order valence-electron chi connectivity index (χ3n) is 9.18. The molecule has 3 atom stereocenters. The number of hydrogen-bond acceptors (Lipinski definition) is 20. The van der Waals surface area contributed by atoms with E-state index < -0.39 is 226 Å². The fourth-order valence-corrected chi connectivity index (χ4v) is 6.61. The number of carbonyl (C=O) groups is 13. The lowest BCUT2D eigenvalue weighted by atomic mass is 10.0. The highest BCUT2D eigenvalue weighted by Crippen LogP contribution is 2.12. The van der Waals surface area contributed by atoms with Crippen molar-refractivity contribution in [3.63, 3.8) is 0 Å². The van der Waals surface area contributed by atoms with Gasteiger partial charge in [0.2, 0.25) is 11.8 Å². The summed E-state index contributed by atoms with van der Waals surface area (Å²) >= 11 is 0. The molecule has 0 aliphatic heterocycles. The van der Waals surface area contributed by atoms with Crippen LogP contribution in [0.4, 0.5) is 0 Å². The van der Waals surface area contributed by atoms with Gasteiger partial charge in [-0.1, -0.05) is 0 Å². The number of carbonyl (C=O) groups excluding carboxylic acids is 2. The molecule has 0 aliphatic rings. The quantitative estimate of drug-likeness (QED) is 0.0270. The number of rotatable bonds is 42. The first-order chi connectivity index (χ1) is 32.1. The molecule has 0 saturated heterocycles. The predicted octanol–water partition coefficient (Wildman–Crippen LogP) is -7.95.